The molecule has 3 rings (SSSR count). The van der Waals surface area contributed by atoms with Crippen LogP contribution in [0.4, 0.5) is 5.69 Å². The zero-order valence-electron chi connectivity index (χ0n) is 18.0. The molecule has 2 aromatic rings. The Morgan fingerprint density at radius 2 is 1.97 bits per heavy atom. The molecule has 0 amide bonds. The number of benzene rings is 2. The summed E-state index contributed by atoms with van der Waals surface area (Å²) in [5.74, 6) is 3.38. The second-order valence-electron chi connectivity index (χ2n) is 8.28. The first-order valence-corrected chi connectivity index (χ1v) is 10.1. The first kappa shape index (κ1) is 21.2. The number of hydrogen-bond donors (Lipinski definition) is 1. The largest absolute Gasteiger partial charge is 0.485 e. The van der Waals surface area contributed by atoms with Crippen molar-refractivity contribution >= 4 is 5.69 Å². The number of terminal acetylenes is 1. The van der Waals surface area contributed by atoms with Gasteiger partial charge < -0.3 is 19.5 Å². The number of fused-ring (bicyclic) bond motifs is 1. The second kappa shape index (κ2) is 8.90. The fourth-order valence-corrected chi connectivity index (χ4v) is 3.71. The van der Waals surface area contributed by atoms with Crippen LogP contribution < -0.4 is 10.1 Å². The van der Waals surface area contributed by atoms with Crippen molar-refractivity contribution in [3.05, 3.63) is 59.2 Å². The lowest BCUT2D eigenvalue weighted by atomic mass is 9.87. The Morgan fingerprint density at radius 3 is 2.66 bits per heavy atom. The molecule has 0 saturated carbocycles. The third-order valence-corrected chi connectivity index (χ3v) is 5.16. The minimum atomic E-state index is -0.556. The Balaban J connectivity index is 1.89. The van der Waals surface area contributed by atoms with Gasteiger partial charge in [-0.05, 0) is 63.9 Å². The van der Waals surface area contributed by atoms with Crippen LogP contribution in [0.15, 0.2) is 42.5 Å². The van der Waals surface area contributed by atoms with Gasteiger partial charge in [0.15, 0.2) is 0 Å². The zero-order valence-corrected chi connectivity index (χ0v) is 18.0. The number of hydrogen-bond acceptors (Lipinski definition) is 4. The van der Waals surface area contributed by atoms with Gasteiger partial charge in [-0.2, -0.15) is 0 Å². The van der Waals surface area contributed by atoms with Crippen molar-refractivity contribution in [2.24, 2.45) is 0 Å². The van der Waals surface area contributed by atoms with Crippen molar-refractivity contribution < 1.29 is 14.2 Å². The molecule has 4 nitrogen and oxygen atoms in total. The average Bonchev–Trinajstić information content (AvgIpc) is 2.66. The number of aryl methyl sites for hydroxylation is 1. The molecule has 0 spiro atoms. The molecule has 4 heteroatoms. The van der Waals surface area contributed by atoms with E-state index in [-0.39, 0.29) is 24.9 Å². The Hall–Kier alpha value is -2.48. The lowest BCUT2D eigenvalue weighted by Gasteiger charge is -2.44. The molecule has 1 heterocycles. The highest BCUT2D eigenvalue weighted by Crippen LogP contribution is 2.44. The summed E-state index contributed by atoms with van der Waals surface area (Å²) in [7, 11) is 0. The van der Waals surface area contributed by atoms with Gasteiger partial charge in [0.25, 0.3) is 0 Å². The fraction of sp³-hybridized carbons (Fsp3) is 0.440. The van der Waals surface area contributed by atoms with Crippen molar-refractivity contribution in [3.8, 4) is 18.1 Å². The Morgan fingerprint density at radius 1 is 1.21 bits per heavy atom. The van der Waals surface area contributed by atoms with E-state index in [1.54, 1.807) is 0 Å². The number of rotatable bonds is 7. The number of nitrogens with one attached hydrogen (secondary N) is 1. The van der Waals surface area contributed by atoms with Gasteiger partial charge in [0.2, 0.25) is 0 Å². The van der Waals surface area contributed by atoms with E-state index in [2.05, 4.69) is 48.5 Å². The summed E-state index contributed by atoms with van der Waals surface area (Å²) in [4.78, 5) is 0. The lowest BCUT2D eigenvalue weighted by Crippen LogP contribution is -2.51. The van der Waals surface area contributed by atoms with Crippen LogP contribution in [0.3, 0.4) is 0 Å². The summed E-state index contributed by atoms with van der Waals surface area (Å²) >= 11 is 0. The van der Waals surface area contributed by atoms with Crippen LogP contribution in [0.2, 0.25) is 0 Å². The zero-order chi connectivity index (χ0) is 21.0. The van der Waals surface area contributed by atoms with E-state index in [0.717, 1.165) is 23.5 Å². The van der Waals surface area contributed by atoms with E-state index in [1.807, 2.05) is 39.8 Å². The predicted molar refractivity (Wildman–Crippen MR) is 117 cm³/mol. The van der Waals surface area contributed by atoms with E-state index >= 15 is 0 Å². The molecule has 154 valence electrons. The summed E-state index contributed by atoms with van der Waals surface area (Å²) in [6, 6.07) is 14.5. The molecule has 1 N–H and O–H groups in total. The quantitative estimate of drug-likeness (QED) is 0.651. The van der Waals surface area contributed by atoms with Gasteiger partial charge in [0.05, 0.1) is 6.10 Å². The molecular formula is C25H31NO3. The van der Waals surface area contributed by atoms with Gasteiger partial charge in [0.1, 0.15) is 30.2 Å². The highest BCUT2D eigenvalue weighted by atomic mass is 16.6. The molecule has 0 radical (unpaired) electrons. The van der Waals surface area contributed by atoms with Crippen LogP contribution in [0.25, 0.3) is 0 Å². The van der Waals surface area contributed by atoms with Gasteiger partial charge in [-0.3, -0.25) is 0 Å². The van der Waals surface area contributed by atoms with Crippen LogP contribution in [0, 0.1) is 19.3 Å². The molecule has 0 aliphatic carbocycles. The maximum atomic E-state index is 6.30. The number of anilines is 1. The second-order valence-corrected chi connectivity index (χ2v) is 8.28. The third-order valence-electron chi connectivity index (χ3n) is 5.16. The maximum absolute atomic E-state index is 6.30. The molecule has 1 aliphatic heterocycles. The summed E-state index contributed by atoms with van der Waals surface area (Å²) in [5.41, 5.74) is 3.98. The van der Waals surface area contributed by atoms with E-state index < -0.39 is 5.60 Å². The summed E-state index contributed by atoms with van der Waals surface area (Å²) in [6.45, 7) is 11.2. The molecule has 1 aliphatic rings. The van der Waals surface area contributed by atoms with E-state index in [1.165, 1.54) is 11.1 Å². The Bertz CT molecular complexity index is 882. The molecule has 2 unspecified atom stereocenters. The highest BCUT2D eigenvalue weighted by molar-refractivity contribution is 5.54. The van der Waals surface area contributed by atoms with Crippen LogP contribution in [-0.2, 0) is 16.0 Å². The normalized spacial score (nSPS) is 19.9. The molecule has 0 fully saturated rings. The average molecular weight is 394 g/mol. The van der Waals surface area contributed by atoms with E-state index in [9.17, 15) is 0 Å². The SMILES string of the molecule is C#CCOC1C(OC(C)C)c2cc(NCc3ccccc3C)ccc2OC1(C)C. The van der Waals surface area contributed by atoms with Gasteiger partial charge in [-0.1, -0.05) is 30.2 Å². The van der Waals surface area contributed by atoms with Gasteiger partial charge in [0, 0.05) is 17.8 Å². The highest BCUT2D eigenvalue weighted by Gasteiger charge is 2.46. The molecule has 0 bridgehead atoms. The van der Waals surface area contributed by atoms with Crippen LogP contribution in [-0.4, -0.2) is 24.4 Å². The van der Waals surface area contributed by atoms with Gasteiger partial charge >= 0.3 is 0 Å². The standard InChI is InChI=1S/C25H31NO3/c1-7-14-27-24-23(28-17(2)3)21-15-20(12-13-22(21)29-25(24,5)6)26-16-19-11-9-8-10-18(19)4/h1,8-13,15,17,23-24,26H,14,16H2,2-6H3. The topological polar surface area (TPSA) is 39.7 Å². The van der Waals surface area contributed by atoms with Crippen LogP contribution in [0.5, 0.6) is 5.75 Å². The molecule has 2 aromatic carbocycles. The van der Waals surface area contributed by atoms with Crippen molar-refractivity contribution in [3.63, 3.8) is 0 Å². The smallest absolute Gasteiger partial charge is 0.132 e. The summed E-state index contributed by atoms with van der Waals surface area (Å²) in [5, 5.41) is 3.52. The predicted octanol–water partition coefficient (Wildman–Crippen LogP) is 5.26. The molecule has 0 aromatic heterocycles. The minimum Gasteiger partial charge on any atom is -0.485 e. The van der Waals surface area contributed by atoms with E-state index in [0.29, 0.717) is 0 Å². The van der Waals surface area contributed by atoms with Crippen molar-refractivity contribution in [1.82, 2.24) is 0 Å². The molecule has 0 saturated heterocycles. The maximum Gasteiger partial charge on any atom is 0.132 e. The monoisotopic (exact) mass is 393 g/mol. The molecule has 29 heavy (non-hydrogen) atoms. The Kier molecular flexibility index (Phi) is 6.52. The van der Waals surface area contributed by atoms with Crippen molar-refractivity contribution in [2.45, 2.75) is 65.1 Å². The lowest BCUT2D eigenvalue weighted by molar-refractivity contribution is -0.167. The summed E-state index contributed by atoms with van der Waals surface area (Å²) in [6.07, 6.45) is 4.92. The number of ether oxygens (including phenoxy) is 3. The van der Waals surface area contributed by atoms with E-state index in [4.69, 9.17) is 20.6 Å². The van der Waals surface area contributed by atoms with Crippen LogP contribution in [0.1, 0.15) is 50.5 Å². The van der Waals surface area contributed by atoms with Gasteiger partial charge in [-0.25, -0.2) is 0 Å². The molecule has 2 atom stereocenters. The van der Waals surface area contributed by atoms with Crippen molar-refractivity contribution in [1.29, 1.82) is 0 Å². The third kappa shape index (κ3) is 4.93. The summed E-state index contributed by atoms with van der Waals surface area (Å²) < 4.78 is 18.6. The minimum absolute atomic E-state index is 0.0438. The van der Waals surface area contributed by atoms with Crippen LogP contribution >= 0.6 is 0 Å². The first-order chi connectivity index (χ1) is 13.8. The first-order valence-electron chi connectivity index (χ1n) is 10.1. The molecular weight excluding hydrogens is 362 g/mol. The fourth-order valence-electron chi connectivity index (χ4n) is 3.71. The van der Waals surface area contributed by atoms with Gasteiger partial charge in [-0.15, -0.1) is 6.42 Å². The van der Waals surface area contributed by atoms with Crippen molar-refractivity contribution in [2.75, 3.05) is 11.9 Å². The Labute approximate surface area is 174 Å².